The number of nitrogens with one attached hydrogen (secondary N) is 1. The lowest BCUT2D eigenvalue weighted by molar-refractivity contribution is 0.579. The second-order valence-electron chi connectivity index (χ2n) is 4.92. The fourth-order valence-corrected chi connectivity index (χ4v) is 2.37. The SMILES string of the molecule is C1=CCC=C(Nc2nc(-c3ccco3)cn3ccnc23)C=C1. The summed E-state index contributed by atoms with van der Waals surface area (Å²) >= 11 is 0. The van der Waals surface area contributed by atoms with Crippen LogP contribution in [0.3, 0.4) is 0 Å². The molecule has 3 heterocycles. The van der Waals surface area contributed by atoms with Crippen LogP contribution in [-0.4, -0.2) is 14.4 Å². The number of fused-ring (bicyclic) bond motifs is 1. The van der Waals surface area contributed by atoms with Gasteiger partial charge in [-0.2, -0.15) is 0 Å². The van der Waals surface area contributed by atoms with Gasteiger partial charge < -0.3 is 14.1 Å². The van der Waals surface area contributed by atoms with Gasteiger partial charge >= 0.3 is 0 Å². The molecule has 0 atom stereocenters. The molecular weight excluding hydrogens is 276 g/mol. The van der Waals surface area contributed by atoms with Crippen LogP contribution < -0.4 is 5.32 Å². The maximum Gasteiger partial charge on any atom is 0.180 e. The Morgan fingerprint density at radius 1 is 1.27 bits per heavy atom. The van der Waals surface area contributed by atoms with Crippen LogP contribution in [0.1, 0.15) is 6.42 Å². The molecule has 1 aliphatic rings. The third-order valence-electron chi connectivity index (χ3n) is 3.41. The highest BCUT2D eigenvalue weighted by atomic mass is 16.3. The molecule has 0 radical (unpaired) electrons. The van der Waals surface area contributed by atoms with Gasteiger partial charge in [-0.1, -0.05) is 24.3 Å². The molecule has 0 saturated carbocycles. The van der Waals surface area contributed by atoms with Gasteiger partial charge in [0.1, 0.15) is 5.69 Å². The number of hydrogen-bond acceptors (Lipinski definition) is 4. The second-order valence-corrected chi connectivity index (χ2v) is 4.92. The molecule has 0 fully saturated rings. The van der Waals surface area contributed by atoms with Crippen LogP contribution >= 0.6 is 0 Å². The van der Waals surface area contributed by atoms with Crippen LogP contribution in [0, 0.1) is 0 Å². The highest BCUT2D eigenvalue weighted by Crippen LogP contribution is 2.23. The first-order valence-electron chi connectivity index (χ1n) is 7.08. The summed E-state index contributed by atoms with van der Waals surface area (Å²) in [5, 5.41) is 3.35. The summed E-state index contributed by atoms with van der Waals surface area (Å²) in [4.78, 5) is 9.03. The van der Waals surface area contributed by atoms with E-state index in [9.17, 15) is 0 Å². The van der Waals surface area contributed by atoms with E-state index in [-0.39, 0.29) is 0 Å². The molecule has 0 aliphatic heterocycles. The van der Waals surface area contributed by atoms with Crippen molar-refractivity contribution in [1.29, 1.82) is 0 Å². The number of furan rings is 1. The molecule has 0 spiro atoms. The molecule has 0 unspecified atom stereocenters. The van der Waals surface area contributed by atoms with E-state index in [4.69, 9.17) is 4.42 Å². The van der Waals surface area contributed by atoms with Crippen molar-refractivity contribution < 1.29 is 4.42 Å². The van der Waals surface area contributed by atoms with Gasteiger partial charge in [-0.05, 0) is 24.6 Å². The number of allylic oxidation sites excluding steroid dienone is 5. The Morgan fingerprint density at radius 3 is 3.18 bits per heavy atom. The molecule has 22 heavy (non-hydrogen) atoms. The molecular formula is C17H14N4O. The lowest BCUT2D eigenvalue weighted by atomic mass is 10.3. The van der Waals surface area contributed by atoms with Crippen LogP contribution in [-0.2, 0) is 0 Å². The average molecular weight is 290 g/mol. The molecule has 0 amide bonds. The zero-order valence-electron chi connectivity index (χ0n) is 11.8. The fourth-order valence-electron chi connectivity index (χ4n) is 2.37. The van der Waals surface area contributed by atoms with E-state index in [0.29, 0.717) is 5.82 Å². The van der Waals surface area contributed by atoms with E-state index in [0.717, 1.165) is 29.2 Å². The van der Waals surface area contributed by atoms with Gasteiger partial charge in [0, 0.05) is 24.3 Å². The Balaban J connectivity index is 1.78. The summed E-state index contributed by atoms with van der Waals surface area (Å²) < 4.78 is 7.38. The number of nitrogens with zero attached hydrogens (tertiary/aromatic N) is 3. The minimum atomic E-state index is 0.705. The number of aromatic nitrogens is 3. The van der Waals surface area contributed by atoms with Gasteiger partial charge in [-0.25, -0.2) is 9.97 Å². The van der Waals surface area contributed by atoms with E-state index in [2.05, 4.69) is 27.4 Å². The quantitative estimate of drug-likeness (QED) is 0.797. The first-order chi connectivity index (χ1) is 10.9. The number of anilines is 1. The summed E-state index contributed by atoms with van der Waals surface area (Å²) in [5.74, 6) is 1.43. The van der Waals surface area contributed by atoms with Crippen molar-refractivity contribution in [1.82, 2.24) is 14.4 Å². The van der Waals surface area contributed by atoms with Gasteiger partial charge in [0.2, 0.25) is 0 Å². The molecule has 0 saturated heterocycles. The lowest BCUT2D eigenvalue weighted by Gasteiger charge is -2.09. The number of hydrogen-bond donors (Lipinski definition) is 1. The highest BCUT2D eigenvalue weighted by Gasteiger charge is 2.11. The van der Waals surface area contributed by atoms with E-state index in [1.807, 2.05) is 47.2 Å². The third-order valence-corrected chi connectivity index (χ3v) is 3.41. The Morgan fingerprint density at radius 2 is 2.27 bits per heavy atom. The zero-order valence-corrected chi connectivity index (χ0v) is 11.8. The molecule has 0 aromatic carbocycles. The van der Waals surface area contributed by atoms with Crippen LogP contribution in [0.25, 0.3) is 17.1 Å². The van der Waals surface area contributed by atoms with Crippen molar-refractivity contribution >= 4 is 11.5 Å². The van der Waals surface area contributed by atoms with Gasteiger partial charge in [0.25, 0.3) is 0 Å². The highest BCUT2D eigenvalue weighted by molar-refractivity contribution is 5.69. The maximum absolute atomic E-state index is 5.45. The summed E-state index contributed by atoms with van der Waals surface area (Å²) in [6, 6.07) is 3.74. The normalized spacial score (nSPS) is 14.1. The largest absolute Gasteiger partial charge is 0.463 e. The monoisotopic (exact) mass is 290 g/mol. The smallest absolute Gasteiger partial charge is 0.180 e. The first-order valence-corrected chi connectivity index (χ1v) is 7.08. The summed E-state index contributed by atoms with van der Waals surface area (Å²) in [5.41, 5.74) is 2.54. The van der Waals surface area contributed by atoms with Gasteiger partial charge in [-0.3, -0.25) is 0 Å². The summed E-state index contributed by atoms with van der Waals surface area (Å²) in [6.07, 6.45) is 18.4. The minimum Gasteiger partial charge on any atom is -0.463 e. The van der Waals surface area contributed by atoms with Crippen molar-refractivity contribution in [3.05, 3.63) is 73.1 Å². The van der Waals surface area contributed by atoms with Crippen molar-refractivity contribution in [2.75, 3.05) is 5.32 Å². The summed E-state index contributed by atoms with van der Waals surface area (Å²) in [7, 11) is 0. The lowest BCUT2D eigenvalue weighted by Crippen LogP contribution is -2.03. The van der Waals surface area contributed by atoms with Gasteiger partial charge in [0.05, 0.1) is 6.26 Å². The van der Waals surface area contributed by atoms with Crippen molar-refractivity contribution in [2.45, 2.75) is 6.42 Å². The van der Waals surface area contributed by atoms with E-state index >= 15 is 0 Å². The van der Waals surface area contributed by atoms with Gasteiger partial charge in [-0.15, -0.1) is 0 Å². The Kier molecular flexibility index (Phi) is 3.08. The standard InChI is InChI=1S/C17H14N4O/c1-2-4-7-13(6-3-1)19-16-17-18-9-10-21(17)12-14(20-16)15-8-5-11-22-15/h1-3,5-12H,4H2,(H,19,20). The Hall–Kier alpha value is -3.08. The predicted molar refractivity (Wildman–Crippen MR) is 85.3 cm³/mol. The van der Waals surface area contributed by atoms with Crippen molar-refractivity contribution in [3.63, 3.8) is 0 Å². The molecule has 0 bridgehead atoms. The molecule has 5 heteroatoms. The van der Waals surface area contributed by atoms with Crippen LogP contribution in [0.4, 0.5) is 5.82 Å². The van der Waals surface area contributed by atoms with Crippen LogP contribution in [0.5, 0.6) is 0 Å². The number of imidazole rings is 1. The molecule has 1 N–H and O–H groups in total. The second kappa shape index (κ2) is 5.37. The summed E-state index contributed by atoms with van der Waals surface area (Å²) in [6.45, 7) is 0. The topological polar surface area (TPSA) is 55.4 Å². The molecule has 3 aromatic heterocycles. The maximum atomic E-state index is 5.45. The van der Waals surface area contributed by atoms with Crippen molar-refractivity contribution in [2.24, 2.45) is 0 Å². The first kappa shape index (κ1) is 12.6. The zero-order chi connectivity index (χ0) is 14.8. The predicted octanol–water partition coefficient (Wildman–Crippen LogP) is 3.80. The average Bonchev–Trinajstić information content (AvgIpc) is 3.16. The Bertz CT molecular complexity index is 885. The fraction of sp³-hybridized carbons (Fsp3) is 0.0588. The van der Waals surface area contributed by atoms with E-state index in [1.165, 1.54) is 0 Å². The molecule has 5 nitrogen and oxygen atoms in total. The van der Waals surface area contributed by atoms with E-state index < -0.39 is 0 Å². The van der Waals surface area contributed by atoms with E-state index in [1.54, 1.807) is 12.5 Å². The van der Waals surface area contributed by atoms with Gasteiger partial charge in [0.15, 0.2) is 17.2 Å². The Labute approximate surface area is 127 Å². The molecule has 1 aliphatic carbocycles. The minimum absolute atomic E-state index is 0.705. The third kappa shape index (κ3) is 2.33. The van der Waals surface area contributed by atoms with Crippen molar-refractivity contribution in [3.8, 4) is 11.5 Å². The molecule has 4 rings (SSSR count). The number of rotatable bonds is 3. The van der Waals surface area contributed by atoms with Crippen LogP contribution in [0.2, 0.25) is 0 Å². The molecule has 108 valence electrons. The molecule has 3 aromatic rings. The van der Waals surface area contributed by atoms with Crippen LogP contribution in [0.15, 0.2) is 77.5 Å².